The Balaban J connectivity index is 2.24. The number of halogens is 2. The average molecular weight is 265 g/mol. The van der Waals surface area contributed by atoms with E-state index in [9.17, 15) is 13.6 Å². The van der Waals surface area contributed by atoms with E-state index in [1.807, 2.05) is 0 Å². The van der Waals surface area contributed by atoms with Gasteiger partial charge in [-0.1, -0.05) is 0 Å². The standard InChI is InChI=1S/C14H13F2NO2/c1-2-19-14(18)13-4-3-5-17(13)9-10-6-11(15)8-12(16)7-10/h3-8H,2,9H2,1H3. The van der Waals surface area contributed by atoms with Crippen molar-refractivity contribution < 1.29 is 18.3 Å². The smallest absolute Gasteiger partial charge is 0.354 e. The van der Waals surface area contributed by atoms with Gasteiger partial charge in [-0.25, -0.2) is 13.6 Å². The fourth-order valence-electron chi connectivity index (χ4n) is 1.84. The van der Waals surface area contributed by atoms with Crippen molar-refractivity contribution in [2.24, 2.45) is 0 Å². The van der Waals surface area contributed by atoms with Gasteiger partial charge in [0, 0.05) is 18.8 Å². The van der Waals surface area contributed by atoms with Gasteiger partial charge < -0.3 is 9.30 Å². The zero-order valence-corrected chi connectivity index (χ0v) is 10.4. The maximum absolute atomic E-state index is 13.1. The van der Waals surface area contributed by atoms with Crippen molar-refractivity contribution in [3.05, 3.63) is 59.4 Å². The minimum Gasteiger partial charge on any atom is -0.461 e. The van der Waals surface area contributed by atoms with Gasteiger partial charge in [-0.15, -0.1) is 0 Å². The van der Waals surface area contributed by atoms with Crippen LogP contribution in [0.3, 0.4) is 0 Å². The van der Waals surface area contributed by atoms with Crippen molar-refractivity contribution in [2.75, 3.05) is 6.61 Å². The molecule has 0 spiro atoms. The summed E-state index contributed by atoms with van der Waals surface area (Å²) in [5, 5.41) is 0. The predicted octanol–water partition coefficient (Wildman–Crippen LogP) is 2.99. The van der Waals surface area contributed by atoms with Crippen LogP contribution >= 0.6 is 0 Å². The Morgan fingerprint density at radius 1 is 1.26 bits per heavy atom. The minimum absolute atomic E-state index is 0.204. The number of rotatable bonds is 4. The molecule has 0 saturated heterocycles. The molecule has 0 saturated carbocycles. The zero-order valence-electron chi connectivity index (χ0n) is 10.4. The Labute approximate surface area is 109 Å². The molecule has 0 aliphatic rings. The Bertz CT molecular complexity index is 573. The molecule has 1 aromatic carbocycles. The van der Waals surface area contributed by atoms with E-state index >= 15 is 0 Å². The van der Waals surface area contributed by atoms with Crippen LogP contribution in [0, 0.1) is 11.6 Å². The minimum atomic E-state index is -0.639. The van der Waals surface area contributed by atoms with Gasteiger partial charge in [0.1, 0.15) is 17.3 Å². The lowest BCUT2D eigenvalue weighted by molar-refractivity contribution is 0.0514. The molecule has 19 heavy (non-hydrogen) atoms. The summed E-state index contributed by atoms with van der Waals surface area (Å²) >= 11 is 0. The SMILES string of the molecule is CCOC(=O)c1cccn1Cc1cc(F)cc(F)c1. The molecule has 2 aromatic rings. The fourth-order valence-corrected chi connectivity index (χ4v) is 1.84. The second kappa shape index (κ2) is 5.65. The van der Waals surface area contributed by atoms with E-state index < -0.39 is 17.6 Å². The summed E-state index contributed by atoms with van der Waals surface area (Å²) in [6, 6.07) is 6.57. The van der Waals surface area contributed by atoms with Crippen LogP contribution in [0.15, 0.2) is 36.5 Å². The van der Waals surface area contributed by atoms with E-state index in [-0.39, 0.29) is 13.2 Å². The molecule has 0 unspecified atom stereocenters. The van der Waals surface area contributed by atoms with Gasteiger partial charge in [0.2, 0.25) is 0 Å². The number of aromatic nitrogens is 1. The summed E-state index contributed by atoms with van der Waals surface area (Å²) in [6.45, 7) is 2.20. The normalized spacial score (nSPS) is 10.5. The van der Waals surface area contributed by atoms with Gasteiger partial charge in [0.15, 0.2) is 0 Å². The maximum atomic E-state index is 13.1. The Hall–Kier alpha value is -2.17. The quantitative estimate of drug-likeness (QED) is 0.796. The first kappa shape index (κ1) is 13.3. The summed E-state index contributed by atoms with van der Waals surface area (Å²) in [4.78, 5) is 11.7. The van der Waals surface area contributed by atoms with E-state index in [2.05, 4.69) is 0 Å². The molecule has 3 nitrogen and oxygen atoms in total. The molecule has 0 aliphatic heterocycles. The molecule has 0 radical (unpaired) electrons. The van der Waals surface area contributed by atoms with Crippen molar-refractivity contribution in [2.45, 2.75) is 13.5 Å². The molecule has 1 heterocycles. The highest BCUT2D eigenvalue weighted by atomic mass is 19.1. The first-order valence-corrected chi connectivity index (χ1v) is 5.87. The highest BCUT2D eigenvalue weighted by Crippen LogP contribution is 2.12. The summed E-state index contributed by atoms with van der Waals surface area (Å²) in [6.07, 6.45) is 1.66. The van der Waals surface area contributed by atoms with Crippen LogP contribution in [-0.2, 0) is 11.3 Å². The first-order chi connectivity index (χ1) is 9.10. The maximum Gasteiger partial charge on any atom is 0.354 e. The van der Waals surface area contributed by atoms with Gasteiger partial charge in [-0.2, -0.15) is 0 Å². The Morgan fingerprint density at radius 2 is 1.95 bits per heavy atom. The fraction of sp³-hybridized carbons (Fsp3) is 0.214. The van der Waals surface area contributed by atoms with Gasteiger partial charge in [-0.3, -0.25) is 0 Å². The van der Waals surface area contributed by atoms with Gasteiger partial charge in [0.05, 0.1) is 6.61 Å². The largest absolute Gasteiger partial charge is 0.461 e. The molecule has 5 heteroatoms. The van der Waals surface area contributed by atoms with E-state index in [0.717, 1.165) is 6.07 Å². The molecule has 2 rings (SSSR count). The first-order valence-electron chi connectivity index (χ1n) is 5.87. The number of esters is 1. The molecule has 0 bridgehead atoms. The molecular formula is C14H13F2NO2. The second-order valence-corrected chi connectivity index (χ2v) is 4.02. The Morgan fingerprint density at radius 3 is 2.58 bits per heavy atom. The third-order valence-corrected chi connectivity index (χ3v) is 2.59. The van der Waals surface area contributed by atoms with E-state index in [1.54, 1.807) is 29.8 Å². The van der Waals surface area contributed by atoms with Crippen LogP contribution in [0.1, 0.15) is 23.0 Å². The van der Waals surface area contributed by atoms with Crippen LogP contribution in [0.25, 0.3) is 0 Å². The van der Waals surface area contributed by atoms with Gasteiger partial charge >= 0.3 is 5.97 Å². The number of benzene rings is 1. The molecule has 0 atom stereocenters. The molecule has 0 amide bonds. The van der Waals surface area contributed by atoms with E-state index in [4.69, 9.17) is 4.74 Å². The topological polar surface area (TPSA) is 31.2 Å². The lowest BCUT2D eigenvalue weighted by atomic mass is 10.2. The molecule has 0 aliphatic carbocycles. The van der Waals surface area contributed by atoms with Crippen LogP contribution in [-0.4, -0.2) is 17.1 Å². The summed E-state index contributed by atoms with van der Waals surface area (Å²) in [7, 11) is 0. The van der Waals surface area contributed by atoms with Gasteiger partial charge in [0.25, 0.3) is 0 Å². The summed E-state index contributed by atoms with van der Waals surface area (Å²) < 4.78 is 32.7. The van der Waals surface area contributed by atoms with Crippen molar-refractivity contribution in [3.63, 3.8) is 0 Å². The molecule has 0 N–H and O–H groups in total. The van der Waals surface area contributed by atoms with Crippen molar-refractivity contribution in [1.82, 2.24) is 4.57 Å². The number of ether oxygens (including phenoxy) is 1. The second-order valence-electron chi connectivity index (χ2n) is 4.02. The summed E-state index contributed by atoms with van der Waals surface area (Å²) in [5.41, 5.74) is 0.797. The third-order valence-electron chi connectivity index (χ3n) is 2.59. The monoisotopic (exact) mass is 265 g/mol. The average Bonchev–Trinajstić information content (AvgIpc) is 2.76. The number of hydrogen-bond donors (Lipinski definition) is 0. The Kier molecular flexibility index (Phi) is 3.94. The van der Waals surface area contributed by atoms with Crippen LogP contribution in [0.5, 0.6) is 0 Å². The van der Waals surface area contributed by atoms with Crippen molar-refractivity contribution in [3.8, 4) is 0 Å². The highest BCUT2D eigenvalue weighted by molar-refractivity contribution is 5.87. The van der Waals surface area contributed by atoms with E-state index in [0.29, 0.717) is 11.3 Å². The third kappa shape index (κ3) is 3.19. The lowest BCUT2D eigenvalue weighted by Crippen LogP contribution is -2.12. The number of carbonyl (C=O) groups excluding carboxylic acids is 1. The van der Waals surface area contributed by atoms with Crippen molar-refractivity contribution in [1.29, 1.82) is 0 Å². The number of nitrogens with zero attached hydrogens (tertiary/aromatic N) is 1. The van der Waals surface area contributed by atoms with Crippen molar-refractivity contribution >= 4 is 5.97 Å². The summed E-state index contributed by atoms with van der Waals surface area (Å²) in [5.74, 6) is -1.73. The molecule has 100 valence electrons. The molecule has 1 aromatic heterocycles. The van der Waals surface area contributed by atoms with Crippen LogP contribution < -0.4 is 0 Å². The molecular weight excluding hydrogens is 252 g/mol. The predicted molar refractivity (Wildman–Crippen MR) is 65.8 cm³/mol. The highest BCUT2D eigenvalue weighted by Gasteiger charge is 2.12. The van der Waals surface area contributed by atoms with Crippen LogP contribution in [0.4, 0.5) is 8.78 Å². The van der Waals surface area contributed by atoms with Gasteiger partial charge in [-0.05, 0) is 36.8 Å². The molecule has 0 fully saturated rings. The number of hydrogen-bond acceptors (Lipinski definition) is 2. The van der Waals surface area contributed by atoms with Crippen LogP contribution in [0.2, 0.25) is 0 Å². The zero-order chi connectivity index (χ0) is 13.8. The number of carbonyl (C=O) groups is 1. The van der Waals surface area contributed by atoms with E-state index in [1.165, 1.54) is 12.1 Å². The lowest BCUT2D eigenvalue weighted by Gasteiger charge is -2.09.